The Kier molecular flexibility index (Phi) is 30.7. The van der Waals surface area contributed by atoms with Crippen LogP contribution in [-0.4, -0.2) is 133 Å². The number of hydrogen-bond acceptors (Lipinski definition) is 9. The highest BCUT2D eigenvalue weighted by Gasteiger charge is 2.32. The zero-order valence-electron chi connectivity index (χ0n) is 39.9. The molecule has 1 aliphatic heterocycles. The van der Waals surface area contributed by atoms with Crippen molar-refractivity contribution in [1.82, 2.24) is 19.7 Å². The summed E-state index contributed by atoms with van der Waals surface area (Å²) in [5.41, 5.74) is 3.89. The van der Waals surface area contributed by atoms with E-state index in [4.69, 9.17) is 14.5 Å². The van der Waals surface area contributed by atoms with E-state index in [0.29, 0.717) is 24.3 Å². The summed E-state index contributed by atoms with van der Waals surface area (Å²) in [6.45, 7) is 30.2. The van der Waals surface area contributed by atoms with Crippen molar-refractivity contribution in [2.45, 2.75) is 113 Å². The Hall–Kier alpha value is -3.51. The molecule has 0 bridgehead atoms. The van der Waals surface area contributed by atoms with E-state index in [1.54, 1.807) is 18.3 Å². The van der Waals surface area contributed by atoms with Gasteiger partial charge in [-0.25, -0.2) is 9.78 Å². The SMILES string of the molecule is C/C=C(\C)[C@@H](C)CN(CN(C)C)c1cccc(N2C(=O)OC[C@@H]2C)n1.CC.CCCN(C)C.CCOC(C)(C)C.CN=CNc1ccc([C@H](C)CCN(C)C)cc1.[HH]. The Morgan fingerprint density at radius 1 is 1.02 bits per heavy atom. The summed E-state index contributed by atoms with van der Waals surface area (Å²) < 4.78 is 10.4. The lowest BCUT2D eigenvalue weighted by atomic mass is 9.97. The third-order valence-electron chi connectivity index (χ3n) is 8.65. The molecule has 2 heterocycles. The number of nitrogens with one attached hydrogen (secondary N) is 1. The van der Waals surface area contributed by atoms with E-state index in [0.717, 1.165) is 37.9 Å². The molecule has 11 heteroatoms. The molecule has 1 saturated heterocycles. The normalized spacial score (nSPS) is 15.1. The van der Waals surface area contributed by atoms with Gasteiger partial charge in [0.1, 0.15) is 18.2 Å². The monoisotopic (exact) mass is 801 g/mol. The summed E-state index contributed by atoms with van der Waals surface area (Å²) in [7, 11) is 14.2. The largest absolute Gasteiger partial charge is 0.447 e. The standard InChI is InChI=1S/C19H30N4O2.C14H23N3.C6H14O.C5H13N.C2H6.H2/c1-7-14(2)15(3)11-22(13-21(5)6)17-9-8-10-18(20-17)23-16(4)12-25-19(23)24;1-12(9-10-17(3)4)13-5-7-14(8-6-13)16-11-15-2;1-5-7-6(2,3)4;1-4-5-6(2)3;1-2;/h7-10,15-16H,11-13H2,1-6H3;5-8,11-12H,9-10H2,1-4H3,(H,15,16);5H2,1-4H3;4-5H2,1-3H3;1-2H3;1H/b14-7+;;;;;/t15-,16-;12-;;;;/m01..../s1. The fourth-order valence-corrected chi connectivity index (χ4v) is 5.43. The van der Waals surface area contributed by atoms with Crippen LogP contribution in [0, 0.1) is 5.92 Å². The third kappa shape index (κ3) is 26.2. The number of nitrogens with zero attached hydrogens (tertiary/aromatic N) is 7. The number of carbonyl (C=O) groups is 1. The highest BCUT2D eigenvalue weighted by molar-refractivity contribution is 5.89. The highest BCUT2D eigenvalue weighted by atomic mass is 16.6. The van der Waals surface area contributed by atoms with Crippen LogP contribution in [-0.2, 0) is 9.47 Å². The van der Waals surface area contributed by atoms with E-state index in [-0.39, 0.29) is 19.2 Å². The smallest absolute Gasteiger partial charge is 0.415 e. The van der Waals surface area contributed by atoms with Gasteiger partial charge in [0, 0.05) is 27.3 Å². The maximum Gasteiger partial charge on any atom is 0.415 e. The van der Waals surface area contributed by atoms with Gasteiger partial charge in [-0.3, -0.25) is 14.8 Å². The van der Waals surface area contributed by atoms with Gasteiger partial charge >= 0.3 is 6.09 Å². The van der Waals surface area contributed by atoms with Gasteiger partial charge in [-0.1, -0.05) is 64.5 Å². The first kappa shape index (κ1) is 55.6. The maximum absolute atomic E-state index is 12.0. The molecule has 330 valence electrons. The fourth-order valence-electron chi connectivity index (χ4n) is 5.43. The number of cyclic esters (lactones) is 1. The molecular weight excluding hydrogens is 713 g/mol. The predicted octanol–water partition coefficient (Wildman–Crippen LogP) is 10.2. The van der Waals surface area contributed by atoms with Crippen LogP contribution in [0.15, 0.2) is 59.1 Å². The number of anilines is 3. The van der Waals surface area contributed by atoms with Crippen molar-refractivity contribution >= 4 is 29.8 Å². The Labute approximate surface area is 352 Å². The quantitative estimate of drug-likeness (QED) is 0.0772. The number of carbonyl (C=O) groups excluding carboxylic acids is 1. The van der Waals surface area contributed by atoms with Crippen LogP contribution in [0.3, 0.4) is 0 Å². The summed E-state index contributed by atoms with van der Waals surface area (Å²) in [6.07, 6.45) is 5.98. The van der Waals surface area contributed by atoms with Gasteiger partial charge in [0.15, 0.2) is 0 Å². The average molecular weight is 801 g/mol. The van der Waals surface area contributed by atoms with Crippen molar-refractivity contribution < 1.29 is 15.7 Å². The van der Waals surface area contributed by atoms with E-state index < -0.39 is 0 Å². The Morgan fingerprint density at radius 3 is 2.02 bits per heavy atom. The number of benzene rings is 1. The van der Waals surface area contributed by atoms with Crippen LogP contribution in [0.1, 0.15) is 109 Å². The van der Waals surface area contributed by atoms with Crippen LogP contribution >= 0.6 is 0 Å². The molecule has 3 atom stereocenters. The molecular formula is C46H88N8O3. The molecule has 0 aliphatic carbocycles. The van der Waals surface area contributed by atoms with Crippen LogP contribution in [0.4, 0.5) is 22.1 Å². The molecule has 3 rings (SSSR count). The minimum atomic E-state index is -0.325. The second-order valence-corrected chi connectivity index (χ2v) is 16.0. The van der Waals surface area contributed by atoms with Crippen LogP contribution < -0.4 is 15.1 Å². The first-order valence-electron chi connectivity index (χ1n) is 21.0. The zero-order chi connectivity index (χ0) is 44.1. The van der Waals surface area contributed by atoms with E-state index in [2.05, 4.69) is 144 Å². The van der Waals surface area contributed by atoms with Crippen LogP contribution in [0.2, 0.25) is 0 Å². The van der Waals surface area contributed by atoms with Crippen molar-refractivity contribution in [3.05, 3.63) is 59.7 Å². The minimum absolute atomic E-state index is 0. The van der Waals surface area contributed by atoms with Crippen molar-refractivity contribution in [1.29, 1.82) is 0 Å². The fraction of sp³-hybridized carbons (Fsp3) is 0.674. The Bertz CT molecular complexity index is 1360. The van der Waals surface area contributed by atoms with Gasteiger partial charge in [0.2, 0.25) is 0 Å². The summed E-state index contributed by atoms with van der Waals surface area (Å²) in [4.78, 5) is 31.0. The molecule has 1 amide bonds. The van der Waals surface area contributed by atoms with Crippen molar-refractivity contribution in [3.63, 3.8) is 0 Å². The molecule has 0 spiro atoms. The number of amides is 1. The lowest BCUT2D eigenvalue weighted by Crippen LogP contribution is -2.38. The van der Waals surface area contributed by atoms with Gasteiger partial charge in [-0.05, 0) is 158 Å². The average Bonchev–Trinajstić information content (AvgIpc) is 3.50. The van der Waals surface area contributed by atoms with E-state index in [1.165, 1.54) is 30.5 Å². The van der Waals surface area contributed by atoms with E-state index >= 15 is 0 Å². The van der Waals surface area contributed by atoms with Crippen molar-refractivity contribution in [2.24, 2.45) is 10.9 Å². The number of aliphatic imine (C=N–C) groups is 1. The van der Waals surface area contributed by atoms with Crippen molar-refractivity contribution in [2.75, 3.05) is 104 Å². The van der Waals surface area contributed by atoms with Crippen LogP contribution in [0.5, 0.6) is 0 Å². The molecule has 1 N–H and O–H groups in total. The Morgan fingerprint density at radius 2 is 1.61 bits per heavy atom. The van der Waals surface area contributed by atoms with Gasteiger partial charge in [0.05, 0.1) is 24.7 Å². The number of pyridine rings is 1. The molecule has 57 heavy (non-hydrogen) atoms. The number of allylic oxidation sites excluding steroid dienone is 1. The van der Waals surface area contributed by atoms with E-state index in [9.17, 15) is 4.79 Å². The Balaban J connectivity index is -0.000000789. The topological polar surface area (TPSA) is 89.0 Å². The van der Waals surface area contributed by atoms with Crippen LogP contribution in [0.25, 0.3) is 0 Å². The van der Waals surface area contributed by atoms with Gasteiger partial charge in [-0.2, -0.15) is 0 Å². The third-order valence-corrected chi connectivity index (χ3v) is 8.65. The maximum atomic E-state index is 12.0. The van der Waals surface area contributed by atoms with Gasteiger partial charge in [-0.15, -0.1) is 0 Å². The molecule has 1 aliphatic rings. The number of aromatic nitrogens is 1. The van der Waals surface area contributed by atoms with Gasteiger partial charge in [0.25, 0.3) is 0 Å². The molecule has 0 radical (unpaired) electrons. The summed E-state index contributed by atoms with van der Waals surface area (Å²) in [6, 6.07) is 14.4. The molecule has 11 nitrogen and oxygen atoms in total. The summed E-state index contributed by atoms with van der Waals surface area (Å²) in [5.74, 6) is 2.54. The first-order valence-corrected chi connectivity index (χ1v) is 21.0. The number of ether oxygens (including phenoxy) is 2. The van der Waals surface area contributed by atoms with Crippen molar-refractivity contribution in [3.8, 4) is 0 Å². The molecule has 1 aromatic carbocycles. The molecule has 0 unspecified atom stereocenters. The van der Waals surface area contributed by atoms with Gasteiger partial charge < -0.3 is 29.5 Å². The first-order chi connectivity index (χ1) is 26.8. The zero-order valence-corrected chi connectivity index (χ0v) is 39.9. The minimum Gasteiger partial charge on any atom is -0.447 e. The number of rotatable bonds is 16. The number of hydrogen-bond donors (Lipinski definition) is 1. The molecule has 1 fully saturated rings. The van der Waals surface area contributed by atoms with E-state index in [1.807, 2.05) is 60.0 Å². The molecule has 1 aromatic heterocycles. The summed E-state index contributed by atoms with van der Waals surface area (Å²) >= 11 is 0. The highest BCUT2D eigenvalue weighted by Crippen LogP contribution is 2.25. The molecule has 2 aromatic rings. The second kappa shape index (κ2) is 31.5. The predicted molar refractivity (Wildman–Crippen MR) is 252 cm³/mol. The lowest BCUT2D eigenvalue weighted by Gasteiger charge is -2.30. The molecule has 0 saturated carbocycles. The second-order valence-electron chi connectivity index (χ2n) is 16.0. The summed E-state index contributed by atoms with van der Waals surface area (Å²) in [5, 5.41) is 3.11. The lowest BCUT2D eigenvalue weighted by molar-refractivity contribution is 0.00531.